The zero-order valence-electron chi connectivity index (χ0n) is 11.3. The van der Waals surface area contributed by atoms with E-state index in [-0.39, 0.29) is 11.5 Å². The van der Waals surface area contributed by atoms with Crippen molar-refractivity contribution in [1.82, 2.24) is 0 Å². The van der Waals surface area contributed by atoms with Gasteiger partial charge in [0.25, 0.3) is 0 Å². The van der Waals surface area contributed by atoms with E-state index < -0.39 is 11.7 Å². The van der Waals surface area contributed by atoms with Crippen LogP contribution >= 0.6 is 0 Å². The van der Waals surface area contributed by atoms with E-state index in [4.69, 9.17) is 21.1 Å². The fourth-order valence-corrected chi connectivity index (χ4v) is 1.21. The Bertz CT molecular complexity index is 562. The van der Waals surface area contributed by atoms with Gasteiger partial charge in [-0.25, -0.2) is 4.39 Å². The molecule has 4 N–H and O–H groups in total. The molecule has 0 saturated heterocycles. The maximum Gasteiger partial charge on any atom is 0.201 e. The molecular formula is C13H16FN5O. The van der Waals surface area contributed by atoms with Crippen LogP contribution in [0.25, 0.3) is 0 Å². The third-order valence-corrected chi connectivity index (χ3v) is 2.16. The molecule has 0 radical (unpaired) electrons. The van der Waals surface area contributed by atoms with Gasteiger partial charge >= 0.3 is 0 Å². The van der Waals surface area contributed by atoms with Crippen molar-refractivity contribution in [2.24, 2.45) is 16.8 Å². The van der Waals surface area contributed by atoms with Crippen LogP contribution in [0.1, 0.15) is 13.8 Å². The second-order valence-corrected chi connectivity index (χ2v) is 4.45. The van der Waals surface area contributed by atoms with Gasteiger partial charge in [-0.05, 0) is 18.1 Å². The number of nitrogens with zero attached hydrogens (tertiary/aromatic N) is 2. The van der Waals surface area contributed by atoms with Crippen LogP contribution in [0.5, 0.6) is 5.75 Å². The summed E-state index contributed by atoms with van der Waals surface area (Å²) in [5.41, 5.74) is 7.64. The van der Waals surface area contributed by atoms with Gasteiger partial charge in [-0.1, -0.05) is 13.8 Å². The third kappa shape index (κ3) is 4.57. The first kappa shape index (κ1) is 15.4. The Morgan fingerprint density at radius 1 is 1.60 bits per heavy atom. The van der Waals surface area contributed by atoms with Gasteiger partial charge in [0, 0.05) is 6.07 Å². The number of nitriles is 1. The zero-order valence-corrected chi connectivity index (χ0v) is 11.3. The lowest BCUT2D eigenvalue weighted by Gasteiger charge is -2.10. The number of anilines is 1. The highest BCUT2D eigenvalue weighted by atomic mass is 19.1. The normalized spacial score (nSPS) is 11.1. The van der Waals surface area contributed by atoms with E-state index in [0.717, 1.165) is 0 Å². The molecule has 6 nitrogen and oxygen atoms in total. The first-order valence-corrected chi connectivity index (χ1v) is 5.94. The van der Waals surface area contributed by atoms with Crippen LogP contribution in [-0.4, -0.2) is 18.2 Å². The van der Waals surface area contributed by atoms with E-state index in [1.54, 1.807) is 12.1 Å². The number of halogens is 1. The number of ether oxygens (including phenoxy) is 1. The Morgan fingerprint density at radius 3 is 2.80 bits per heavy atom. The summed E-state index contributed by atoms with van der Waals surface area (Å²) in [6.45, 7) is 4.35. The van der Waals surface area contributed by atoms with Crippen molar-refractivity contribution in [3.05, 3.63) is 24.0 Å². The van der Waals surface area contributed by atoms with Crippen LogP contribution in [0.15, 0.2) is 23.3 Å². The van der Waals surface area contributed by atoms with E-state index in [1.807, 2.05) is 13.8 Å². The second kappa shape index (κ2) is 7.09. The van der Waals surface area contributed by atoms with E-state index in [9.17, 15) is 4.39 Å². The maximum atomic E-state index is 13.7. The monoisotopic (exact) mass is 277 g/mol. The average molecular weight is 277 g/mol. The number of benzene rings is 1. The Balaban J connectivity index is 2.78. The van der Waals surface area contributed by atoms with Crippen LogP contribution in [-0.2, 0) is 0 Å². The molecule has 0 spiro atoms. The summed E-state index contributed by atoms with van der Waals surface area (Å²) < 4.78 is 19.0. The molecule has 1 rings (SSSR count). The smallest absolute Gasteiger partial charge is 0.201 e. The fraction of sp³-hybridized carbons (Fsp3) is 0.308. The molecular weight excluding hydrogens is 261 g/mol. The fourth-order valence-electron chi connectivity index (χ4n) is 1.21. The minimum atomic E-state index is -0.535. The van der Waals surface area contributed by atoms with E-state index in [1.165, 1.54) is 12.1 Å². The number of rotatable bonds is 6. The van der Waals surface area contributed by atoms with Gasteiger partial charge in [-0.2, -0.15) is 10.4 Å². The van der Waals surface area contributed by atoms with Gasteiger partial charge in [0.05, 0.1) is 12.3 Å². The lowest BCUT2D eigenvalue weighted by molar-refractivity contribution is 0.259. The number of nitrogens with two attached hydrogens (primary N) is 1. The molecule has 20 heavy (non-hydrogen) atoms. The molecule has 0 fully saturated rings. The SMILES string of the molecule is CC(C)COc1ccc(N/N=C(\C#N)C(=N)N)cc1F. The van der Waals surface area contributed by atoms with Crippen molar-refractivity contribution in [3.63, 3.8) is 0 Å². The van der Waals surface area contributed by atoms with Gasteiger partial charge in [-0.15, -0.1) is 0 Å². The first-order chi connectivity index (χ1) is 9.43. The lowest BCUT2D eigenvalue weighted by Crippen LogP contribution is -2.21. The number of hydrogen-bond acceptors (Lipinski definition) is 5. The van der Waals surface area contributed by atoms with Gasteiger partial charge in [-0.3, -0.25) is 10.8 Å². The van der Waals surface area contributed by atoms with Crippen molar-refractivity contribution in [3.8, 4) is 11.8 Å². The Morgan fingerprint density at radius 2 is 2.30 bits per heavy atom. The summed E-state index contributed by atoms with van der Waals surface area (Å²) in [5, 5.41) is 19.3. The maximum absolute atomic E-state index is 13.7. The van der Waals surface area contributed by atoms with Crippen LogP contribution in [0.2, 0.25) is 0 Å². The third-order valence-electron chi connectivity index (χ3n) is 2.16. The summed E-state index contributed by atoms with van der Waals surface area (Å²) in [5.74, 6) is -0.546. The predicted molar refractivity (Wildman–Crippen MR) is 75.3 cm³/mol. The Hall–Kier alpha value is -2.62. The zero-order chi connectivity index (χ0) is 15.1. The first-order valence-electron chi connectivity index (χ1n) is 5.94. The van der Waals surface area contributed by atoms with E-state index in [2.05, 4.69) is 10.5 Å². The molecule has 0 atom stereocenters. The van der Waals surface area contributed by atoms with Crippen molar-refractivity contribution >= 4 is 17.2 Å². The lowest BCUT2D eigenvalue weighted by atomic mass is 10.2. The molecule has 0 bridgehead atoms. The van der Waals surface area contributed by atoms with Crippen molar-refractivity contribution < 1.29 is 9.13 Å². The van der Waals surface area contributed by atoms with E-state index >= 15 is 0 Å². The number of amidine groups is 1. The van der Waals surface area contributed by atoms with Crippen LogP contribution in [0.4, 0.5) is 10.1 Å². The topological polar surface area (TPSA) is 107 Å². The van der Waals surface area contributed by atoms with Crippen molar-refractivity contribution in [2.45, 2.75) is 13.8 Å². The Labute approximate surface area is 116 Å². The van der Waals surface area contributed by atoms with E-state index in [0.29, 0.717) is 18.2 Å². The molecule has 0 amide bonds. The molecule has 0 aliphatic carbocycles. The van der Waals surface area contributed by atoms with Crippen LogP contribution in [0.3, 0.4) is 0 Å². The molecule has 1 aromatic carbocycles. The predicted octanol–water partition coefficient (Wildman–Crippen LogP) is 2.09. The largest absolute Gasteiger partial charge is 0.490 e. The summed E-state index contributed by atoms with van der Waals surface area (Å²) in [7, 11) is 0. The summed E-state index contributed by atoms with van der Waals surface area (Å²) in [6, 6.07) is 5.86. The highest BCUT2D eigenvalue weighted by Crippen LogP contribution is 2.21. The summed E-state index contributed by atoms with van der Waals surface area (Å²) in [4.78, 5) is 0. The molecule has 0 aromatic heterocycles. The summed E-state index contributed by atoms with van der Waals surface area (Å²) >= 11 is 0. The standard InChI is InChI=1S/C13H16FN5O/c1-8(2)7-20-12-4-3-9(5-10(12)14)18-19-11(6-15)13(16)17/h3-5,8,18H,7H2,1-2H3,(H3,16,17)/b19-11+. The number of nitrogens with one attached hydrogen (secondary N) is 2. The highest BCUT2D eigenvalue weighted by molar-refractivity contribution is 6.45. The van der Waals surface area contributed by atoms with Crippen molar-refractivity contribution in [1.29, 1.82) is 10.7 Å². The molecule has 106 valence electrons. The van der Waals surface area contributed by atoms with Gasteiger partial charge in [0.15, 0.2) is 17.4 Å². The molecule has 0 heterocycles. The number of hydrogen-bond donors (Lipinski definition) is 3. The molecule has 0 aliphatic rings. The quantitative estimate of drug-likeness (QED) is 0.420. The Kier molecular flexibility index (Phi) is 5.47. The van der Waals surface area contributed by atoms with Gasteiger partial charge in [0.2, 0.25) is 5.71 Å². The van der Waals surface area contributed by atoms with Gasteiger partial charge < -0.3 is 10.5 Å². The number of hydrazone groups is 1. The average Bonchev–Trinajstić information content (AvgIpc) is 2.37. The van der Waals surface area contributed by atoms with Crippen LogP contribution < -0.4 is 15.9 Å². The molecule has 1 aromatic rings. The van der Waals surface area contributed by atoms with Crippen molar-refractivity contribution in [2.75, 3.05) is 12.0 Å². The minimum Gasteiger partial charge on any atom is -0.490 e. The van der Waals surface area contributed by atoms with Gasteiger partial charge in [0.1, 0.15) is 6.07 Å². The minimum absolute atomic E-state index is 0.153. The highest BCUT2D eigenvalue weighted by Gasteiger charge is 2.06. The molecule has 0 saturated carbocycles. The van der Waals surface area contributed by atoms with Crippen LogP contribution in [0, 0.1) is 28.5 Å². The molecule has 0 aliphatic heterocycles. The molecule has 0 unspecified atom stereocenters. The summed E-state index contributed by atoms with van der Waals surface area (Å²) in [6.07, 6.45) is 0. The second-order valence-electron chi connectivity index (χ2n) is 4.45. The molecule has 7 heteroatoms.